The lowest BCUT2D eigenvalue weighted by atomic mass is 9.72. The Bertz CT molecular complexity index is 956. The molecule has 0 aromatic heterocycles. The minimum atomic E-state index is -1.44. The highest BCUT2D eigenvalue weighted by Gasteiger charge is 2.39. The van der Waals surface area contributed by atoms with Crippen molar-refractivity contribution < 1.29 is 19.6 Å². The molecule has 168 valence electrons. The number of ether oxygens (including phenoxy) is 1. The summed E-state index contributed by atoms with van der Waals surface area (Å²) in [6.45, 7) is 8.41. The summed E-state index contributed by atoms with van der Waals surface area (Å²) in [6, 6.07) is 11.2. The van der Waals surface area contributed by atoms with Gasteiger partial charge in [0, 0.05) is 23.8 Å². The second kappa shape index (κ2) is 8.85. The number of hydrogen-bond acceptors (Lipinski definition) is 4. The Balaban J connectivity index is 1.74. The molecule has 1 aliphatic carbocycles. The minimum absolute atomic E-state index is 0.0563. The lowest BCUT2D eigenvalue weighted by molar-refractivity contribution is -0.575. The van der Waals surface area contributed by atoms with Gasteiger partial charge in [-0.2, -0.15) is 0 Å². The summed E-state index contributed by atoms with van der Waals surface area (Å²) < 4.78 is 6.25. The Morgan fingerprint density at radius 2 is 1.68 bits per heavy atom. The van der Waals surface area contributed by atoms with Gasteiger partial charge in [0.25, 0.3) is 0 Å². The fraction of sp³-hybridized carbons (Fsp3) is 0.560. The van der Waals surface area contributed by atoms with Gasteiger partial charge in [-0.3, -0.25) is 14.9 Å². The molecule has 1 fully saturated rings. The van der Waals surface area contributed by atoms with Gasteiger partial charge in [-0.05, 0) is 66.0 Å². The average Bonchev–Trinajstić information content (AvgIpc) is 2.71. The van der Waals surface area contributed by atoms with E-state index in [0.717, 1.165) is 35.3 Å². The van der Waals surface area contributed by atoms with E-state index in [1.807, 2.05) is 24.3 Å². The normalized spacial score (nSPS) is 21.4. The van der Waals surface area contributed by atoms with Crippen LogP contribution >= 0.6 is 0 Å². The smallest absolute Gasteiger partial charge is 0.303 e. The van der Waals surface area contributed by atoms with Gasteiger partial charge in [0.1, 0.15) is 5.75 Å². The van der Waals surface area contributed by atoms with E-state index < -0.39 is 11.5 Å². The number of nitrogens with zero attached hydrogens (tertiary/aromatic N) is 1. The summed E-state index contributed by atoms with van der Waals surface area (Å²) in [6.07, 6.45) is 4.40. The highest BCUT2D eigenvalue weighted by atomic mass is 16.6. The standard InChI is InChI=1S/C25H33NO5/c1-24(2,3)19-8-11-21(12-9-19)31-22-10-6-17-15-20(7-5-18(17)16-22)25(4,26(29)30)14-13-23(27)28/h5-7,10,15-16,19,21H,8-9,11-14H2,1-4H3,(H,27,28)/t19-,21-,25?. The lowest BCUT2D eigenvalue weighted by Crippen LogP contribution is -2.32. The fourth-order valence-corrected chi connectivity index (χ4v) is 4.56. The summed E-state index contributed by atoms with van der Waals surface area (Å²) in [5.41, 5.74) is -0.581. The molecular formula is C25H33NO5. The van der Waals surface area contributed by atoms with Gasteiger partial charge in [0.2, 0.25) is 5.54 Å². The number of carbonyl (C=O) groups is 1. The molecule has 0 aliphatic heterocycles. The van der Waals surface area contributed by atoms with E-state index in [2.05, 4.69) is 20.8 Å². The molecule has 1 aliphatic rings. The van der Waals surface area contributed by atoms with Gasteiger partial charge in [-0.1, -0.05) is 39.0 Å². The topological polar surface area (TPSA) is 89.7 Å². The van der Waals surface area contributed by atoms with Crippen LogP contribution < -0.4 is 4.74 Å². The number of carboxylic acid groups (broad SMARTS) is 1. The first kappa shape index (κ1) is 23.0. The molecule has 0 saturated heterocycles. The summed E-state index contributed by atoms with van der Waals surface area (Å²) in [5.74, 6) is 0.522. The van der Waals surface area contributed by atoms with Crippen LogP contribution in [0.15, 0.2) is 36.4 Å². The largest absolute Gasteiger partial charge is 0.490 e. The first-order valence-electron chi connectivity index (χ1n) is 11.1. The molecule has 0 heterocycles. The summed E-state index contributed by atoms with van der Waals surface area (Å²) in [4.78, 5) is 22.3. The zero-order chi connectivity index (χ0) is 22.8. The Kier molecular flexibility index (Phi) is 6.58. The van der Waals surface area contributed by atoms with Gasteiger partial charge in [0.05, 0.1) is 12.5 Å². The molecule has 1 N–H and O–H groups in total. The lowest BCUT2D eigenvalue weighted by Gasteiger charge is -2.37. The van der Waals surface area contributed by atoms with Crippen LogP contribution in [0.4, 0.5) is 0 Å². The number of carboxylic acids is 1. The molecule has 2 aromatic carbocycles. The van der Waals surface area contributed by atoms with Crippen molar-refractivity contribution in [1.82, 2.24) is 0 Å². The van der Waals surface area contributed by atoms with Crippen molar-refractivity contribution in [2.75, 3.05) is 0 Å². The molecule has 31 heavy (non-hydrogen) atoms. The zero-order valence-electron chi connectivity index (χ0n) is 18.9. The maximum atomic E-state index is 11.7. The molecule has 0 spiro atoms. The van der Waals surface area contributed by atoms with Gasteiger partial charge in [-0.25, -0.2) is 0 Å². The fourth-order valence-electron chi connectivity index (χ4n) is 4.56. The van der Waals surface area contributed by atoms with E-state index in [1.165, 1.54) is 19.8 Å². The third kappa shape index (κ3) is 5.35. The number of nitro groups is 1. The summed E-state index contributed by atoms with van der Waals surface area (Å²) >= 11 is 0. The van der Waals surface area contributed by atoms with Crippen LogP contribution in [0.3, 0.4) is 0 Å². The molecule has 1 saturated carbocycles. The number of fused-ring (bicyclic) bond motifs is 1. The predicted molar refractivity (Wildman–Crippen MR) is 121 cm³/mol. The van der Waals surface area contributed by atoms with Crippen LogP contribution in [0, 0.1) is 21.4 Å². The highest BCUT2D eigenvalue weighted by molar-refractivity contribution is 5.84. The van der Waals surface area contributed by atoms with Crippen LogP contribution in [-0.2, 0) is 10.3 Å². The number of hydrogen-bond donors (Lipinski definition) is 1. The van der Waals surface area contributed by atoms with E-state index in [-0.39, 0.29) is 23.9 Å². The number of benzene rings is 2. The van der Waals surface area contributed by atoms with E-state index in [9.17, 15) is 14.9 Å². The van der Waals surface area contributed by atoms with Crippen molar-refractivity contribution in [2.24, 2.45) is 11.3 Å². The number of rotatable bonds is 7. The molecule has 6 heteroatoms. The van der Waals surface area contributed by atoms with Gasteiger partial charge >= 0.3 is 5.97 Å². The van der Waals surface area contributed by atoms with Gasteiger partial charge < -0.3 is 9.84 Å². The maximum absolute atomic E-state index is 11.7. The number of aliphatic carboxylic acids is 1. The van der Waals surface area contributed by atoms with Gasteiger partial charge in [-0.15, -0.1) is 0 Å². The molecule has 0 amide bonds. The van der Waals surface area contributed by atoms with E-state index in [1.54, 1.807) is 12.1 Å². The Morgan fingerprint density at radius 1 is 1.06 bits per heavy atom. The van der Waals surface area contributed by atoms with Crippen LogP contribution in [0.2, 0.25) is 0 Å². The molecule has 1 unspecified atom stereocenters. The first-order valence-corrected chi connectivity index (χ1v) is 11.1. The summed E-state index contributed by atoms with van der Waals surface area (Å²) in [5, 5.41) is 22.5. The molecule has 3 rings (SSSR count). The average molecular weight is 428 g/mol. The monoisotopic (exact) mass is 427 g/mol. The third-order valence-electron chi connectivity index (χ3n) is 6.86. The molecule has 1 atom stereocenters. The van der Waals surface area contributed by atoms with Crippen LogP contribution in [-0.4, -0.2) is 22.1 Å². The van der Waals surface area contributed by atoms with Crippen molar-refractivity contribution >= 4 is 16.7 Å². The van der Waals surface area contributed by atoms with Crippen molar-refractivity contribution in [3.05, 3.63) is 52.1 Å². The van der Waals surface area contributed by atoms with Crippen molar-refractivity contribution in [3.8, 4) is 5.75 Å². The van der Waals surface area contributed by atoms with Crippen molar-refractivity contribution in [2.45, 2.75) is 77.9 Å². The second-order valence-electron chi connectivity index (χ2n) is 10.1. The third-order valence-corrected chi connectivity index (χ3v) is 6.86. The van der Waals surface area contributed by atoms with E-state index in [0.29, 0.717) is 11.0 Å². The SMILES string of the molecule is CC(CCC(=O)O)(c1ccc2cc(O[C@H]3CC[C@H](C(C)(C)C)CC3)ccc2c1)[N+](=O)[O-]. The Hall–Kier alpha value is -2.63. The quantitative estimate of drug-likeness (QED) is 0.421. The first-order chi connectivity index (χ1) is 14.5. The second-order valence-corrected chi connectivity index (χ2v) is 10.1. The highest BCUT2D eigenvalue weighted by Crippen LogP contribution is 2.39. The van der Waals surface area contributed by atoms with Crippen LogP contribution in [0.1, 0.15) is 71.8 Å². The molecular weight excluding hydrogens is 394 g/mol. The van der Waals surface area contributed by atoms with Gasteiger partial charge in [0.15, 0.2) is 0 Å². The molecule has 0 bridgehead atoms. The minimum Gasteiger partial charge on any atom is -0.490 e. The Morgan fingerprint density at radius 3 is 2.26 bits per heavy atom. The van der Waals surface area contributed by atoms with Crippen molar-refractivity contribution in [3.63, 3.8) is 0 Å². The van der Waals surface area contributed by atoms with E-state index in [4.69, 9.17) is 9.84 Å². The Labute approximate surface area is 183 Å². The van der Waals surface area contributed by atoms with Crippen LogP contribution in [0.5, 0.6) is 5.75 Å². The predicted octanol–water partition coefficient (Wildman–Crippen LogP) is 6.18. The van der Waals surface area contributed by atoms with Crippen molar-refractivity contribution in [1.29, 1.82) is 0 Å². The molecule has 6 nitrogen and oxygen atoms in total. The van der Waals surface area contributed by atoms with Crippen LogP contribution in [0.25, 0.3) is 10.8 Å². The summed E-state index contributed by atoms with van der Waals surface area (Å²) in [7, 11) is 0. The zero-order valence-corrected chi connectivity index (χ0v) is 18.9. The molecule has 2 aromatic rings. The maximum Gasteiger partial charge on any atom is 0.303 e. The molecule has 0 radical (unpaired) electrons. The van der Waals surface area contributed by atoms with E-state index >= 15 is 0 Å².